The van der Waals surface area contributed by atoms with Crippen molar-refractivity contribution in [3.05, 3.63) is 54.0 Å². The van der Waals surface area contributed by atoms with Crippen molar-refractivity contribution in [2.75, 3.05) is 5.75 Å². The molecule has 2 aromatic heterocycles. The molecule has 0 saturated heterocycles. The van der Waals surface area contributed by atoms with E-state index in [-0.39, 0.29) is 11.2 Å². The second-order valence-electron chi connectivity index (χ2n) is 7.00. The molecule has 0 radical (unpaired) electrons. The fourth-order valence-corrected chi connectivity index (χ4v) is 3.25. The Morgan fingerprint density at radius 3 is 2.42 bits per heavy atom. The minimum absolute atomic E-state index is 0.0542. The summed E-state index contributed by atoms with van der Waals surface area (Å²) in [6, 6.07) is 11.7. The zero-order valence-corrected chi connectivity index (χ0v) is 15.8. The summed E-state index contributed by atoms with van der Waals surface area (Å²) in [6.07, 6.45) is -0.813. The molecule has 7 heteroatoms. The molecule has 3 aromatic rings. The van der Waals surface area contributed by atoms with E-state index in [4.69, 9.17) is 4.42 Å². The lowest BCUT2D eigenvalue weighted by Gasteiger charge is -2.19. The maximum absolute atomic E-state index is 12.6. The summed E-state index contributed by atoms with van der Waals surface area (Å²) in [5.74, 6) is 1.04. The van der Waals surface area contributed by atoms with E-state index in [1.807, 2.05) is 22.8 Å². The highest BCUT2D eigenvalue weighted by Crippen LogP contribution is 2.29. The number of aromatic nitrogens is 3. The summed E-state index contributed by atoms with van der Waals surface area (Å²) >= 11 is 0.998. The minimum Gasteiger partial charge on any atom is -0.467 e. The summed E-state index contributed by atoms with van der Waals surface area (Å²) in [5, 5.41) is 8.81. The molecule has 4 nitrogen and oxygen atoms in total. The third-order valence-corrected chi connectivity index (χ3v) is 4.94. The van der Waals surface area contributed by atoms with Crippen LogP contribution < -0.4 is 0 Å². The SMILES string of the molecule is CC(C)(C)c1ccc(-c2nnc(SCC(F)F)n2Cc2ccco2)cc1. The van der Waals surface area contributed by atoms with Crippen molar-refractivity contribution in [2.24, 2.45) is 0 Å². The molecule has 0 aliphatic carbocycles. The van der Waals surface area contributed by atoms with Gasteiger partial charge in [0, 0.05) is 5.56 Å². The lowest BCUT2D eigenvalue weighted by Crippen LogP contribution is -2.10. The molecule has 0 aliphatic rings. The van der Waals surface area contributed by atoms with Gasteiger partial charge in [-0.3, -0.25) is 4.57 Å². The Kier molecular flexibility index (Phi) is 5.46. The lowest BCUT2D eigenvalue weighted by atomic mass is 9.87. The molecule has 0 atom stereocenters. The fourth-order valence-electron chi connectivity index (χ4n) is 2.57. The van der Waals surface area contributed by atoms with E-state index in [9.17, 15) is 8.78 Å². The second kappa shape index (κ2) is 7.61. The van der Waals surface area contributed by atoms with Gasteiger partial charge >= 0.3 is 0 Å². The van der Waals surface area contributed by atoms with Gasteiger partial charge in [0.2, 0.25) is 6.43 Å². The van der Waals surface area contributed by atoms with E-state index in [0.29, 0.717) is 17.5 Å². The molecule has 138 valence electrons. The van der Waals surface area contributed by atoms with Gasteiger partial charge in [-0.05, 0) is 23.1 Å². The van der Waals surface area contributed by atoms with Crippen molar-refractivity contribution in [1.29, 1.82) is 0 Å². The molecule has 0 aliphatic heterocycles. The monoisotopic (exact) mass is 377 g/mol. The second-order valence-corrected chi connectivity index (χ2v) is 7.99. The number of rotatable bonds is 6. The number of nitrogens with zero attached hydrogens (tertiary/aromatic N) is 3. The first kappa shape index (κ1) is 18.6. The zero-order valence-electron chi connectivity index (χ0n) is 14.9. The van der Waals surface area contributed by atoms with Gasteiger partial charge in [-0.25, -0.2) is 8.78 Å². The Hall–Kier alpha value is -2.15. The van der Waals surface area contributed by atoms with Crippen molar-refractivity contribution < 1.29 is 13.2 Å². The average molecular weight is 377 g/mol. The molecule has 0 spiro atoms. The fraction of sp³-hybridized carbons (Fsp3) is 0.368. The van der Waals surface area contributed by atoms with Gasteiger partial charge in [0.05, 0.1) is 18.6 Å². The number of hydrogen-bond donors (Lipinski definition) is 0. The number of halogens is 2. The van der Waals surface area contributed by atoms with Gasteiger partial charge in [0.1, 0.15) is 5.76 Å². The predicted molar refractivity (Wildman–Crippen MR) is 98.7 cm³/mol. The van der Waals surface area contributed by atoms with Crippen molar-refractivity contribution in [1.82, 2.24) is 14.8 Å². The molecule has 26 heavy (non-hydrogen) atoms. The molecule has 2 heterocycles. The molecule has 0 N–H and O–H groups in total. The minimum atomic E-state index is -2.40. The van der Waals surface area contributed by atoms with Gasteiger partial charge in [0.25, 0.3) is 0 Å². The van der Waals surface area contributed by atoms with Gasteiger partial charge in [0.15, 0.2) is 11.0 Å². The smallest absolute Gasteiger partial charge is 0.248 e. The number of alkyl halides is 2. The van der Waals surface area contributed by atoms with Crippen LogP contribution in [0.25, 0.3) is 11.4 Å². The summed E-state index contributed by atoms with van der Waals surface area (Å²) in [6.45, 7) is 6.85. The van der Waals surface area contributed by atoms with E-state index in [2.05, 4.69) is 43.1 Å². The third kappa shape index (κ3) is 4.33. The highest BCUT2D eigenvalue weighted by Gasteiger charge is 2.19. The zero-order chi connectivity index (χ0) is 18.7. The molecule has 0 fully saturated rings. The average Bonchev–Trinajstić information content (AvgIpc) is 3.23. The highest BCUT2D eigenvalue weighted by molar-refractivity contribution is 7.99. The summed E-state index contributed by atoms with van der Waals surface area (Å²) < 4.78 is 32.5. The van der Waals surface area contributed by atoms with Crippen LogP contribution in [0.2, 0.25) is 0 Å². The number of furan rings is 1. The Morgan fingerprint density at radius 2 is 1.85 bits per heavy atom. The van der Waals surface area contributed by atoms with Crippen LogP contribution >= 0.6 is 11.8 Å². The van der Waals surface area contributed by atoms with Crippen LogP contribution in [0.5, 0.6) is 0 Å². The first-order chi connectivity index (χ1) is 12.3. The van der Waals surface area contributed by atoms with Gasteiger partial charge in [-0.2, -0.15) is 0 Å². The first-order valence-corrected chi connectivity index (χ1v) is 9.30. The van der Waals surface area contributed by atoms with Gasteiger partial charge in [-0.1, -0.05) is 56.8 Å². The van der Waals surface area contributed by atoms with Crippen LogP contribution in [-0.2, 0) is 12.0 Å². The van der Waals surface area contributed by atoms with E-state index in [1.165, 1.54) is 5.56 Å². The number of benzene rings is 1. The van der Waals surface area contributed by atoms with Crippen molar-refractivity contribution in [3.8, 4) is 11.4 Å². The van der Waals surface area contributed by atoms with Gasteiger partial charge < -0.3 is 4.42 Å². The normalized spacial score (nSPS) is 12.1. The molecule has 1 aromatic carbocycles. The Morgan fingerprint density at radius 1 is 1.12 bits per heavy atom. The first-order valence-electron chi connectivity index (χ1n) is 8.32. The van der Waals surface area contributed by atoms with E-state index in [1.54, 1.807) is 12.3 Å². The number of thioether (sulfide) groups is 1. The third-order valence-electron chi connectivity index (χ3n) is 3.96. The summed E-state index contributed by atoms with van der Waals surface area (Å²) in [5.41, 5.74) is 2.16. The Bertz CT molecular complexity index is 837. The standard InChI is InChI=1S/C19H21F2N3OS/c1-19(2,3)14-8-6-13(7-9-14)17-22-23-18(26-12-16(20)21)24(17)11-15-5-4-10-25-15/h4-10,16H,11-12H2,1-3H3. The van der Waals surface area contributed by atoms with Crippen LogP contribution in [0.3, 0.4) is 0 Å². The Labute approximate surface area is 155 Å². The van der Waals surface area contributed by atoms with Gasteiger partial charge in [-0.15, -0.1) is 10.2 Å². The van der Waals surface area contributed by atoms with E-state index in [0.717, 1.165) is 23.1 Å². The van der Waals surface area contributed by atoms with E-state index < -0.39 is 6.43 Å². The van der Waals surface area contributed by atoms with Crippen LogP contribution in [0.4, 0.5) is 8.78 Å². The largest absolute Gasteiger partial charge is 0.467 e. The molecule has 0 saturated carbocycles. The van der Waals surface area contributed by atoms with Crippen molar-refractivity contribution in [3.63, 3.8) is 0 Å². The molecule has 0 amide bonds. The molecular formula is C19H21F2N3OS. The Balaban J connectivity index is 1.95. The predicted octanol–water partition coefficient (Wildman–Crippen LogP) is 5.24. The maximum Gasteiger partial charge on any atom is 0.248 e. The van der Waals surface area contributed by atoms with Crippen LogP contribution in [0.15, 0.2) is 52.2 Å². The number of hydrogen-bond acceptors (Lipinski definition) is 4. The molecule has 3 rings (SSSR count). The summed E-state index contributed by atoms with van der Waals surface area (Å²) in [4.78, 5) is 0. The van der Waals surface area contributed by atoms with Crippen LogP contribution in [0, 0.1) is 0 Å². The topological polar surface area (TPSA) is 43.9 Å². The lowest BCUT2D eigenvalue weighted by molar-refractivity contribution is 0.176. The molecular weight excluding hydrogens is 356 g/mol. The molecule has 0 bridgehead atoms. The summed E-state index contributed by atoms with van der Waals surface area (Å²) in [7, 11) is 0. The van der Waals surface area contributed by atoms with Crippen LogP contribution in [-0.4, -0.2) is 26.9 Å². The van der Waals surface area contributed by atoms with Crippen molar-refractivity contribution in [2.45, 2.75) is 44.3 Å². The molecule has 0 unspecified atom stereocenters. The highest BCUT2D eigenvalue weighted by atomic mass is 32.2. The van der Waals surface area contributed by atoms with Crippen LogP contribution in [0.1, 0.15) is 32.1 Å². The maximum atomic E-state index is 12.6. The quantitative estimate of drug-likeness (QED) is 0.551. The van der Waals surface area contributed by atoms with E-state index >= 15 is 0 Å². The van der Waals surface area contributed by atoms with Crippen molar-refractivity contribution >= 4 is 11.8 Å².